The van der Waals surface area contributed by atoms with Crippen molar-refractivity contribution in [2.45, 2.75) is 19.3 Å². The molecule has 1 aromatic rings. The number of unbranched alkanes of at least 4 members (excludes halogenated alkanes) is 1. The van der Waals surface area contributed by atoms with E-state index in [9.17, 15) is 4.79 Å². The highest BCUT2D eigenvalue weighted by atomic mass is 16.5. The Labute approximate surface area is 78.5 Å². The predicted octanol–water partition coefficient (Wildman–Crippen LogP) is 2.13. The second kappa shape index (κ2) is 5.36. The molecule has 0 saturated heterocycles. The zero-order chi connectivity index (χ0) is 9.52. The Kier molecular flexibility index (Phi) is 4.03. The molecule has 0 amide bonds. The minimum atomic E-state index is 0.520. The molecule has 0 bridgehead atoms. The van der Waals surface area contributed by atoms with Crippen molar-refractivity contribution in [1.29, 1.82) is 0 Å². The highest BCUT2D eigenvalue weighted by Gasteiger charge is 1.94. The lowest BCUT2D eigenvalue weighted by Gasteiger charge is -2.01. The third-order valence-corrected chi connectivity index (χ3v) is 1.90. The van der Waals surface area contributed by atoms with E-state index in [0.29, 0.717) is 6.42 Å². The van der Waals surface area contributed by atoms with Gasteiger partial charge in [-0.05, 0) is 30.5 Å². The number of ether oxygens (including phenoxy) is 1. The van der Waals surface area contributed by atoms with Crippen LogP contribution in [0.5, 0.6) is 5.75 Å². The quantitative estimate of drug-likeness (QED) is 0.644. The molecule has 0 aromatic heterocycles. The number of benzene rings is 1. The molecule has 0 fully saturated rings. The van der Waals surface area contributed by atoms with Crippen molar-refractivity contribution >= 4 is 6.29 Å². The average Bonchev–Trinajstić information content (AvgIpc) is 2.19. The lowest BCUT2D eigenvalue weighted by atomic mass is 10.1. The first-order valence-electron chi connectivity index (χ1n) is 4.34. The molecule has 0 aliphatic heterocycles. The van der Waals surface area contributed by atoms with Crippen molar-refractivity contribution in [3.8, 4) is 5.75 Å². The van der Waals surface area contributed by atoms with Gasteiger partial charge in [-0.2, -0.15) is 0 Å². The first-order valence-corrected chi connectivity index (χ1v) is 4.34. The molecule has 0 atom stereocenters. The van der Waals surface area contributed by atoms with Gasteiger partial charge >= 0.3 is 0 Å². The summed E-state index contributed by atoms with van der Waals surface area (Å²) in [6, 6.07) is 7.90. The number of hydrogen-bond donors (Lipinski definition) is 0. The van der Waals surface area contributed by atoms with E-state index in [1.807, 2.05) is 30.6 Å². The van der Waals surface area contributed by atoms with Crippen LogP contribution in [0.15, 0.2) is 24.3 Å². The van der Waals surface area contributed by atoms with Crippen LogP contribution in [-0.4, -0.2) is 13.4 Å². The summed E-state index contributed by atoms with van der Waals surface area (Å²) in [5.41, 5.74) is 1.23. The second-order valence-corrected chi connectivity index (χ2v) is 2.85. The maximum atomic E-state index is 9.95. The van der Waals surface area contributed by atoms with Crippen LogP contribution < -0.4 is 4.74 Å². The number of carbonyl (C=O) groups excluding carboxylic acids is 1. The summed E-state index contributed by atoms with van der Waals surface area (Å²) in [5, 5.41) is 0. The van der Waals surface area contributed by atoms with E-state index in [1.165, 1.54) is 5.56 Å². The van der Waals surface area contributed by atoms with Crippen LogP contribution >= 0.6 is 0 Å². The normalized spacial score (nSPS) is 9.62. The lowest BCUT2D eigenvalue weighted by Crippen LogP contribution is -1.87. The van der Waals surface area contributed by atoms with Crippen molar-refractivity contribution in [3.63, 3.8) is 0 Å². The predicted molar refractivity (Wildman–Crippen MR) is 51.6 cm³/mol. The van der Waals surface area contributed by atoms with Crippen LogP contribution in [0.25, 0.3) is 0 Å². The molecular weight excluding hydrogens is 164 g/mol. The summed E-state index contributed by atoms with van der Waals surface area (Å²) >= 11 is 0. The minimum absolute atomic E-state index is 0.520. The van der Waals surface area contributed by atoms with E-state index < -0.39 is 0 Å². The molecular formula is C11H13O2. The van der Waals surface area contributed by atoms with Gasteiger partial charge in [0.1, 0.15) is 5.75 Å². The van der Waals surface area contributed by atoms with E-state index in [1.54, 1.807) is 7.11 Å². The highest BCUT2D eigenvalue weighted by molar-refractivity contribution is 5.50. The second-order valence-electron chi connectivity index (χ2n) is 2.85. The molecule has 2 nitrogen and oxygen atoms in total. The standard InChI is InChI=1S/C11H13O2/c1-13-11-7-5-10(6-8-11)4-2-3-9-12/h5-8H,2-4H2,1H3. The molecule has 0 aliphatic rings. The molecule has 1 rings (SSSR count). The smallest absolute Gasteiger partial charge is 0.198 e. The Balaban J connectivity index is 2.44. The third kappa shape index (κ3) is 3.28. The van der Waals surface area contributed by atoms with Gasteiger partial charge in [0.2, 0.25) is 0 Å². The van der Waals surface area contributed by atoms with Crippen molar-refractivity contribution in [3.05, 3.63) is 29.8 Å². The molecule has 0 aliphatic carbocycles. The van der Waals surface area contributed by atoms with Gasteiger partial charge in [-0.25, -0.2) is 0 Å². The topological polar surface area (TPSA) is 26.3 Å². The van der Waals surface area contributed by atoms with Gasteiger partial charge in [-0.1, -0.05) is 12.1 Å². The number of aryl methyl sites for hydroxylation is 1. The fraction of sp³-hybridized carbons (Fsp3) is 0.364. The van der Waals surface area contributed by atoms with Crippen molar-refractivity contribution in [1.82, 2.24) is 0 Å². The molecule has 2 heteroatoms. The number of rotatable bonds is 5. The SMILES string of the molecule is COc1ccc(CCC[C]=O)cc1. The van der Waals surface area contributed by atoms with Crippen LogP contribution in [0.4, 0.5) is 0 Å². The largest absolute Gasteiger partial charge is 0.497 e. The first kappa shape index (κ1) is 9.78. The maximum absolute atomic E-state index is 9.95. The van der Waals surface area contributed by atoms with Crippen molar-refractivity contribution in [2.75, 3.05) is 7.11 Å². The maximum Gasteiger partial charge on any atom is 0.198 e. The molecule has 0 unspecified atom stereocenters. The average molecular weight is 177 g/mol. The summed E-state index contributed by atoms with van der Waals surface area (Å²) in [6.07, 6.45) is 4.21. The summed E-state index contributed by atoms with van der Waals surface area (Å²) in [5.74, 6) is 0.866. The van der Waals surface area contributed by atoms with E-state index in [0.717, 1.165) is 18.6 Å². The Morgan fingerprint density at radius 3 is 2.54 bits per heavy atom. The molecule has 0 spiro atoms. The van der Waals surface area contributed by atoms with Gasteiger partial charge in [-0.15, -0.1) is 0 Å². The Bertz CT molecular complexity index is 251. The first-order chi connectivity index (χ1) is 6.36. The van der Waals surface area contributed by atoms with Crippen LogP contribution in [0.3, 0.4) is 0 Å². The molecule has 69 valence electrons. The van der Waals surface area contributed by atoms with E-state index in [4.69, 9.17) is 4.74 Å². The fourth-order valence-electron chi connectivity index (χ4n) is 1.16. The molecule has 13 heavy (non-hydrogen) atoms. The third-order valence-electron chi connectivity index (χ3n) is 1.90. The van der Waals surface area contributed by atoms with Gasteiger partial charge in [0.25, 0.3) is 0 Å². The van der Waals surface area contributed by atoms with Gasteiger partial charge < -0.3 is 4.74 Å². The monoisotopic (exact) mass is 177 g/mol. The Morgan fingerprint density at radius 1 is 1.31 bits per heavy atom. The van der Waals surface area contributed by atoms with Gasteiger partial charge in [0, 0.05) is 6.42 Å². The van der Waals surface area contributed by atoms with Crippen molar-refractivity contribution < 1.29 is 9.53 Å². The summed E-state index contributed by atoms with van der Waals surface area (Å²) in [7, 11) is 1.65. The zero-order valence-electron chi connectivity index (χ0n) is 7.75. The lowest BCUT2D eigenvalue weighted by molar-refractivity contribution is 0.414. The zero-order valence-corrected chi connectivity index (χ0v) is 7.75. The van der Waals surface area contributed by atoms with E-state index in [2.05, 4.69) is 0 Å². The summed E-state index contributed by atoms with van der Waals surface area (Å²) in [4.78, 5) is 9.95. The molecule has 1 radical (unpaired) electrons. The fourth-order valence-corrected chi connectivity index (χ4v) is 1.16. The van der Waals surface area contributed by atoms with Gasteiger partial charge in [0.15, 0.2) is 6.29 Å². The molecule has 0 saturated carbocycles. The molecule has 0 heterocycles. The van der Waals surface area contributed by atoms with Gasteiger partial charge in [0.05, 0.1) is 7.11 Å². The van der Waals surface area contributed by atoms with Crippen LogP contribution in [0.2, 0.25) is 0 Å². The minimum Gasteiger partial charge on any atom is -0.497 e. The summed E-state index contributed by atoms with van der Waals surface area (Å²) < 4.78 is 5.03. The van der Waals surface area contributed by atoms with Gasteiger partial charge in [-0.3, -0.25) is 4.79 Å². The van der Waals surface area contributed by atoms with Crippen LogP contribution in [0.1, 0.15) is 18.4 Å². The number of hydrogen-bond acceptors (Lipinski definition) is 2. The highest BCUT2D eigenvalue weighted by Crippen LogP contribution is 2.12. The van der Waals surface area contributed by atoms with E-state index in [-0.39, 0.29) is 0 Å². The molecule has 0 N–H and O–H groups in total. The van der Waals surface area contributed by atoms with E-state index >= 15 is 0 Å². The summed E-state index contributed by atoms with van der Waals surface area (Å²) in [6.45, 7) is 0. The Morgan fingerprint density at radius 2 is 2.00 bits per heavy atom. The molecule has 1 aromatic carbocycles. The van der Waals surface area contributed by atoms with Crippen molar-refractivity contribution in [2.24, 2.45) is 0 Å². The van der Waals surface area contributed by atoms with Crippen LogP contribution in [-0.2, 0) is 11.2 Å². The Hall–Kier alpha value is -1.31. The van der Waals surface area contributed by atoms with Crippen LogP contribution in [0, 0.1) is 0 Å². The number of methoxy groups -OCH3 is 1.